The molecule has 0 unspecified atom stereocenters. The molecule has 0 aliphatic heterocycles. The fourth-order valence-electron chi connectivity index (χ4n) is 5.68. The molecule has 6 aromatic rings. The van der Waals surface area contributed by atoms with E-state index < -0.39 is 11.2 Å². The highest BCUT2D eigenvalue weighted by atomic mass is 16.5. The van der Waals surface area contributed by atoms with Crippen LogP contribution in [-0.4, -0.2) is 26.1 Å². The van der Waals surface area contributed by atoms with Crippen molar-refractivity contribution in [1.29, 1.82) is 15.8 Å². The topological polar surface area (TPSA) is 195 Å². The zero-order chi connectivity index (χ0) is 41.4. The second kappa shape index (κ2) is 19.9. The molecular weight excluding hydrogens is 731 g/mol. The number of allylic oxidation sites excluding steroid dienone is 2. The Morgan fingerprint density at radius 3 is 2.16 bits per heavy atom. The molecule has 288 valence electrons. The monoisotopic (exact) mass is 769 g/mol. The van der Waals surface area contributed by atoms with Crippen LogP contribution in [0.1, 0.15) is 38.9 Å². The first-order valence-corrected chi connectivity index (χ1v) is 18.0. The van der Waals surface area contributed by atoms with Crippen LogP contribution in [0, 0.1) is 61.7 Å². The molecule has 0 saturated carbocycles. The Hall–Kier alpha value is -8.21. The average molecular weight is 770 g/mol. The third-order valence-corrected chi connectivity index (χ3v) is 8.32. The van der Waals surface area contributed by atoms with Gasteiger partial charge in [0.05, 0.1) is 30.3 Å². The lowest BCUT2D eigenvalue weighted by molar-refractivity contribution is 0.283. The highest BCUT2D eigenvalue weighted by molar-refractivity contribution is 5.69. The van der Waals surface area contributed by atoms with Gasteiger partial charge >= 0.3 is 5.69 Å². The normalized spacial score (nSPS) is 10.5. The number of nitrogens with one attached hydrogen (secondary N) is 3. The van der Waals surface area contributed by atoms with Crippen LogP contribution in [0.15, 0.2) is 119 Å². The van der Waals surface area contributed by atoms with Gasteiger partial charge in [-0.05, 0) is 140 Å². The minimum absolute atomic E-state index is 0.218. The summed E-state index contributed by atoms with van der Waals surface area (Å²) in [5, 5.41) is 32.8. The first-order valence-electron chi connectivity index (χ1n) is 18.0. The van der Waals surface area contributed by atoms with E-state index in [1.165, 1.54) is 29.0 Å². The molecule has 0 spiro atoms. The predicted molar refractivity (Wildman–Crippen MR) is 224 cm³/mol. The van der Waals surface area contributed by atoms with Crippen LogP contribution in [0.25, 0.3) is 12.2 Å². The van der Waals surface area contributed by atoms with Gasteiger partial charge in [0.2, 0.25) is 5.95 Å². The molecule has 0 aliphatic rings. The molecule has 3 N–H and O–H groups in total. The lowest BCUT2D eigenvalue weighted by Crippen LogP contribution is -2.30. The largest absolute Gasteiger partial charge is 0.488 e. The molecule has 0 bridgehead atoms. The molecule has 2 aromatic heterocycles. The lowest BCUT2D eigenvalue weighted by Gasteiger charge is -2.14. The molecule has 58 heavy (non-hydrogen) atoms. The number of nitriles is 3. The van der Waals surface area contributed by atoms with E-state index in [0.717, 1.165) is 44.8 Å². The molecular formula is C45H39N9O4. The summed E-state index contributed by atoms with van der Waals surface area (Å²) in [6.07, 6.45) is 9.49. The molecule has 2 heterocycles. The molecule has 0 radical (unpaired) electrons. The quantitative estimate of drug-likeness (QED) is 0.101. The van der Waals surface area contributed by atoms with Gasteiger partial charge in [0, 0.05) is 42.0 Å². The third kappa shape index (κ3) is 11.9. The van der Waals surface area contributed by atoms with Crippen LogP contribution >= 0.6 is 0 Å². The van der Waals surface area contributed by atoms with Gasteiger partial charge in [0.1, 0.15) is 18.2 Å². The standard InChI is InChI=1S/C23H21N3O4.C22H18N6/c1-16-5-6-20(30-19-13-17(2)12-18(15-19)4-3-8-24)21(14-16)29-11-10-26-9-7-22(27)25-23(26)28;1-15-12-18(4-3-10-23)13-16(2)21(15)27-20-9-11-25-22(28-20)26-19-7-5-17(14-24)6-8-19/h3-7,9,12-15H,10-11H2,1-2H3,(H,25,27,28);3-9,11-13H,1-2H3,(H2,25,26,27,28)/b2*4-3+. The number of ether oxygens (including phenoxy) is 2. The zero-order valence-electron chi connectivity index (χ0n) is 32.3. The van der Waals surface area contributed by atoms with Crippen LogP contribution in [0.5, 0.6) is 17.2 Å². The Labute approximate surface area is 335 Å². The predicted octanol–water partition coefficient (Wildman–Crippen LogP) is 8.55. The Kier molecular flexibility index (Phi) is 14.1. The van der Waals surface area contributed by atoms with Crippen molar-refractivity contribution < 1.29 is 9.47 Å². The number of benzene rings is 4. The van der Waals surface area contributed by atoms with Gasteiger partial charge in [-0.3, -0.25) is 14.3 Å². The van der Waals surface area contributed by atoms with E-state index in [1.807, 2.05) is 100 Å². The van der Waals surface area contributed by atoms with Gasteiger partial charge in [0.15, 0.2) is 11.5 Å². The Bertz CT molecular complexity index is 2690. The molecule has 0 amide bonds. The second-order valence-electron chi connectivity index (χ2n) is 12.9. The van der Waals surface area contributed by atoms with Gasteiger partial charge in [-0.1, -0.05) is 12.1 Å². The first-order chi connectivity index (χ1) is 28.0. The molecule has 13 heteroatoms. The van der Waals surface area contributed by atoms with Gasteiger partial charge in [-0.15, -0.1) is 0 Å². The van der Waals surface area contributed by atoms with E-state index in [9.17, 15) is 9.59 Å². The maximum Gasteiger partial charge on any atom is 0.328 e. The highest BCUT2D eigenvalue weighted by Gasteiger charge is 2.10. The average Bonchev–Trinajstić information content (AvgIpc) is 3.20. The smallest absolute Gasteiger partial charge is 0.328 e. The van der Waals surface area contributed by atoms with Crippen molar-refractivity contribution in [3.8, 4) is 35.5 Å². The van der Waals surface area contributed by atoms with Crippen molar-refractivity contribution in [3.63, 3.8) is 0 Å². The van der Waals surface area contributed by atoms with Gasteiger partial charge < -0.3 is 20.1 Å². The van der Waals surface area contributed by atoms with Crippen molar-refractivity contribution in [2.45, 2.75) is 34.2 Å². The van der Waals surface area contributed by atoms with Crippen molar-refractivity contribution >= 4 is 35.3 Å². The lowest BCUT2D eigenvalue weighted by atomic mass is 10.0. The van der Waals surface area contributed by atoms with Gasteiger partial charge in [-0.25, -0.2) is 9.78 Å². The van der Waals surface area contributed by atoms with E-state index in [2.05, 4.69) is 31.7 Å². The second-order valence-corrected chi connectivity index (χ2v) is 12.9. The Morgan fingerprint density at radius 1 is 0.776 bits per heavy atom. The number of anilines is 4. The first kappa shape index (κ1) is 41.0. The molecule has 0 aliphatic carbocycles. The summed E-state index contributed by atoms with van der Waals surface area (Å²) in [5.74, 6) is 2.83. The molecule has 4 aromatic carbocycles. The Morgan fingerprint density at radius 2 is 1.48 bits per heavy atom. The molecule has 0 saturated heterocycles. The van der Waals surface area contributed by atoms with Crippen molar-refractivity contribution in [3.05, 3.63) is 169 Å². The van der Waals surface area contributed by atoms with E-state index in [-0.39, 0.29) is 13.2 Å². The highest BCUT2D eigenvalue weighted by Crippen LogP contribution is 2.34. The third-order valence-electron chi connectivity index (χ3n) is 8.32. The molecule has 0 atom stereocenters. The maximum absolute atomic E-state index is 11.8. The number of rotatable bonds is 12. The fourth-order valence-corrected chi connectivity index (χ4v) is 5.68. The molecule has 0 fully saturated rings. The maximum atomic E-state index is 11.8. The van der Waals surface area contributed by atoms with Gasteiger partial charge in [-0.2, -0.15) is 20.8 Å². The SMILES string of the molecule is Cc1cc(/C=C/C#N)cc(C)c1Nc1ccnc(Nc2ccc(C#N)cc2)n1.Cc1cc(/C=C/C#N)cc(Oc2ccc(C)cc2OCCn2ccc(=O)[nH]c2=O)c1. The van der Waals surface area contributed by atoms with E-state index in [0.29, 0.717) is 34.6 Å². The minimum atomic E-state index is -0.482. The van der Waals surface area contributed by atoms with Crippen LogP contribution < -0.4 is 31.4 Å². The van der Waals surface area contributed by atoms with Crippen LogP contribution in [-0.2, 0) is 6.54 Å². The van der Waals surface area contributed by atoms with E-state index in [4.69, 9.17) is 25.3 Å². The van der Waals surface area contributed by atoms with Crippen LogP contribution in [0.3, 0.4) is 0 Å². The summed E-state index contributed by atoms with van der Waals surface area (Å²) in [6.45, 7) is 8.41. The summed E-state index contributed by atoms with van der Waals surface area (Å²) in [4.78, 5) is 33.9. The summed E-state index contributed by atoms with van der Waals surface area (Å²) in [5.41, 5.74) is 7.40. The number of aryl methyl sites for hydroxylation is 4. The fraction of sp³-hybridized carbons (Fsp3) is 0.133. The summed E-state index contributed by atoms with van der Waals surface area (Å²) < 4.78 is 13.3. The number of aromatic amines is 1. The summed E-state index contributed by atoms with van der Waals surface area (Å²) >= 11 is 0. The van der Waals surface area contributed by atoms with Crippen molar-refractivity contribution in [2.24, 2.45) is 0 Å². The van der Waals surface area contributed by atoms with Crippen molar-refractivity contribution in [2.75, 3.05) is 17.2 Å². The minimum Gasteiger partial charge on any atom is -0.488 e. The summed E-state index contributed by atoms with van der Waals surface area (Å²) in [7, 11) is 0. The van der Waals surface area contributed by atoms with E-state index in [1.54, 1.807) is 36.5 Å². The van der Waals surface area contributed by atoms with E-state index >= 15 is 0 Å². The zero-order valence-corrected chi connectivity index (χ0v) is 32.3. The number of hydrogen-bond donors (Lipinski definition) is 3. The summed E-state index contributed by atoms with van der Waals surface area (Å²) in [6, 6.07) is 31.6. The molecule has 13 nitrogen and oxygen atoms in total. The van der Waals surface area contributed by atoms with Crippen LogP contribution in [0.2, 0.25) is 0 Å². The number of aromatic nitrogens is 4. The number of nitrogens with zero attached hydrogens (tertiary/aromatic N) is 6. The van der Waals surface area contributed by atoms with Crippen molar-refractivity contribution in [1.82, 2.24) is 19.5 Å². The number of hydrogen-bond acceptors (Lipinski definition) is 11. The van der Waals surface area contributed by atoms with Crippen LogP contribution in [0.4, 0.5) is 23.1 Å². The van der Waals surface area contributed by atoms with Gasteiger partial charge in [0.25, 0.3) is 5.56 Å². The molecule has 6 rings (SSSR count). The number of H-pyrrole nitrogens is 1. The Balaban J connectivity index is 0.000000221.